The molecule has 2 aliphatic rings. The Bertz CT molecular complexity index is 302. The molecule has 2 rings (SSSR count). The summed E-state index contributed by atoms with van der Waals surface area (Å²) >= 11 is 7.38. The zero-order chi connectivity index (χ0) is 12.1. The van der Waals surface area contributed by atoms with E-state index in [9.17, 15) is 0 Å². The molecular weight excluding hydrogens is 344 g/mol. The zero-order valence-corrected chi connectivity index (χ0v) is 13.3. The number of piperidine rings is 1. The maximum absolute atomic E-state index is 3.77. The smallest absolute Gasteiger partial charge is 0.0808 e. The Hall–Kier alpha value is 0.200. The van der Waals surface area contributed by atoms with Crippen LogP contribution in [-0.2, 0) is 0 Å². The monoisotopic (exact) mass is 362 g/mol. The predicted molar refractivity (Wildman–Crippen MR) is 80.5 cm³/mol. The number of allylic oxidation sites excluding steroid dienone is 2. The average molecular weight is 364 g/mol. The van der Waals surface area contributed by atoms with Gasteiger partial charge in [0.25, 0.3) is 0 Å². The fourth-order valence-corrected chi connectivity index (χ4v) is 3.60. The SMILES string of the molecule is BrC1=CC=CCN1CCCN1CCCCC1Br. The highest BCUT2D eigenvalue weighted by Gasteiger charge is 2.19. The van der Waals surface area contributed by atoms with E-state index >= 15 is 0 Å². The molecule has 0 aromatic carbocycles. The van der Waals surface area contributed by atoms with Crippen molar-refractivity contribution in [2.24, 2.45) is 0 Å². The molecule has 2 nitrogen and oxygen atoms in total. The van der Waals surface area contributed by atoms with Gasteiger partial charge in [-0.25, -0.2) is 0 Å². The number of rotatable bonds is 4. The molecule has 0 spiro atoms. The van der Waals surface area contributed by atoms with Crippen molar-refractivity contribution < 1.29 is 0 Å². The van der Waals surface area contributed by atoms with E-state index in [1.165, 1.54) is 43.4 Å². The lowest BCUT2D eigenvalue weighted by molar-refractivity contribution is 0.200. The van der Waals surface area contributed by atoms with Gasteiger partial charge in [0.15, 0.2) is 0 Å². The standard InChI is InChI=1S/C13H20Br2N2/c14-12-6-1-3-8-16(12)10-5-11-17-9-4-2-7-13(17)15/h1,3,6,13H,2,4-5,7-11H2. The summed E-state index contributed by atoms with van der Waals surface area (Å²) in [6, 6.07) is 0. The molecule has 0 aromatic rings. The van der Waals surface area contributed by atoms with Crippen LogP contribution >= 0.6 is 31.9 Å². The van der Waals surface area contributed by atoms with Gasteiger partial charge in [-0.15, -0.1) is 0 Å². The van der Waals surface area contributed by atoms with Crippen LogP contribution in [0.3, 0.4) is 0 Å². The van der Waals surface area contributed by atoms with Crippen LogP contribution in [0.15, 0.2) is 22.8 Å². The summed E-state index contributed by atoms with van der Waals surface area (Å²) in [4.78, 5) is 5.56. The molecule has 0 aromatic heterocycles. The molecule has 17 heavy (non-hydrogen) atoms. The van der Waals surface area contributed by atoms with E-state index in [1.54, 1.807) is 0 Å². The van der Waals surface area contributed by atoms with E-state index in [0.717, 1.165) is 13.1 Å². The van der Waals surface area contributed by atoms with Crippen molar-refractivity contribution in [2.75, 3.05) is 26.2 Å². The minimum Gasteiger partial charge on any atom is -0.362 e. The van der Waals surface area contributed by atoms with Crippen molar-refractivity contribution in [3.8, 4) is 0 Å². The summed E-state index contributed by atoms with van der Waals surface area (Å²) in [6.45, 7) is 4.63. The second kappa shape index (κ2) is 6.95. The molecule has 0 N–H and O–H groups in total. The van der Waals surface area contributed by atoms with Gasteiger partial charge in [0, 0.05) is 19.6 Å². The summed E-state index contributed by atoms with van der Waals surface area (Å²) in [5, 5.41) is 0. The highest BCUT2D eigenvalue weighted by atomic mass is 79.9. The average Bonchev–Trinajstić information content (AvgIpc) is 2.34. The van der Waals surface area contributed by atoms with Crippen molar-refractivity contribution in [2.45, 2.75) is 30.6 Å². The fourth-order valence-electron chi connectivity index (χ4n) is 2.39. The van der Waals surface area contributed by atoms with Gasteiger partial charge in [0.2, 0.25) is 0 Å². The van der Waals surface area contributed by atoms with Gasteiger partial charge in [-0.05, 0) is 54.2 Å². The molecule has 4 heteroatoms. The van der Waals surface area contributed by atoms with Crippen molar-refractivity contribution in [3.63, 3.8) is 0 Å². The number of nitrogens with zero attached hydrogens (tertiary/aromatic N) is 2. The molecule has 96 valence electrons. The summed E-state index contributed by atoms with van der Waals surface area (Å²) in [6.07, 6.45) is 11.7. The molecule has 0 aliphatic carbocycles. The Morgan fingerprint density at radius 2 is 2.18 bits per heavy atom. The number of likely N-dealkylation sites (tertiary alicyclic amines) is 1. The summed E-state index contributed by atoms with van der Waals surface area (Å²) in [5.74, 6) is 0. The van der Waals surface area contributed by atoms with Gasteiger partial charge in [-0.3, -0.25) is 4.90 Å². The highest BCUT2D eigenvalue weighted by molar-refractivity contribution is 9.11. The van der Waals surface area contributed by atoms with E-state index in [1.807, 2.05) is 0 Å². The van der Waals surface area contributed by atoms with Gasteiger partial charge >= 0.3 is 0 Å². The van der Waals surface area contributed by atoms with Gasteiger partial charge < -0.3 is 4.90 Å². The normalized spacial score (nSPS) is 26.1. The van der Waals surface area contributed by atoms with Gasteiger partial charge in [-0.1, -0.05) is 28.1 Å². The quantitative estimate of drug-likeness (QED) is 0.555. The molecule has 0 saturated carbocycles. The maximum atomic E-state index is 3.77. The molecule has 2 heterocycles. The Kier molecular flexibility index (Phi) is 5.57. The van der Waals surface area contributed by atoms with Gasteiger partial charge in [0.05, 0.1) is 9.56 Å². The van der Waals surface area contributed by atoms with E-state index in [0.29, 0.717) is 4.95 Å². The molecule has 1 unspecified atom stereocenters. The van der Waals surface area contributed by atoms with Crippen LogP contribution in [0.2, 0.25) is 0 Å². The first-order valence-electron chi connectivity index (χ1n) is 6.43. The lowest BCUT2D eigenvalue weighted by atomic mass is 10.1. The molecular formula is C13H20Br2N2. The Morgan fingerprint density at radius 3 is 2.94 bits per heavy atom. The molecule has 0 bridgehead atoms. The van der Waals surface area contributed by atoms with Gasteiger partial charge in [-0.2, -0.15) is 0 Å². The van der Waals surface area contributed by atoms with Crippen molar-refractivity contribution >= 4 is 31.9 Å². The molecule has 1 atom stereocenters. The van der Waals surface area contributed by atoms with E-state index in [-0.39, 0.29) is 0 Å². The first kappa shape index (κ1) is 13.6. The van der Waals surface area contributed by atoms with E-state index in [4.69, 9.17) is 0 Å². The molecule has 0 radical (unpaired) electrons. The largest absolute Gasteiger partial charge is 0.362 e. The minimum absolute atomic E-state index is 0.608. The van der Waals surface area contributed by atoms with Crippen LogP contribution in [0.25, 0.3) is 0 Å². The number of hydrogen-bond acceptors (Lipinski definition) is 2. The second-order valence-corrected chi connectivity index (χ2v) is 6.55. The lowest BCUT2D eigenvalue weighted by Crippen LogP contribution is -2.37. The molecule has 1 fully saturated rings. The zero-order valence-electron chi connectivity index (χ0n) is 10.1. The van der Waals surface area contributed by atoms with E-state index in [2.05, 4.69) is 59.9 Å². The Labute approximate surface area is 121 Å². The summed E-state index contributed by atoms with van der Waals surface area (Å²) < 4.78 is 1.22. The van der Waals surface area contributed by atoms with Crippen LogP contribution in [0.1, 0.15) is 25.7 Å². The van der Waals surface area contributed by atoms with Crippen LogP contribution < -0.4 is 0 Å². The fraction of sp³-hybridized carbons (Fsp3) is 0.692. The maximum Gasteiger partial charge on any atom is 0.0808 e. The molecule has 0 amide bonds. The van der Waals surface area contributed by atoms with Crippen LogP contribution in [0.5, 0.6) is 0 Å². The topological polar surface area (TPSA) is 6.48 Å². The van der Waals surface area contributed by atoms with Crippen LogP contribution in [-0.4, -0.2) is 40.9 Å². The van der Waals surface area contributed by atoms with Crippen molar-refractivity contribution in [1.29, 1.82) is 0 Å². The summed E-state index contributed by atoms with van der Waals surface area (Å²) in [7, 11) is 0. The second-order valence-electron chi connectivity index (χ2n) is 4.68. The highest BCUT2D eigenvalue weighted by Crippen LogP contribution is 2.22. The third kappa shape index (κ3) is 4.11. The number of hydrogen-bond donors (Lipinski definition) is 0. The molecule has 2 aliphatic heterocycles. The minimum atomic E-state index is 0.608. The van der Waals surface area contributed by atoms with Gasteiger partial charge in [0.1, 0.15) is 0 Å². The first-order valence-corrected chi connectivity index (χ1v) is 8.13. The molecule has 1 saturated heterocycles. The predicted octanol–water partition coefficient (Wildman–Crippen LogP) is 3.69. The van der Waals surface area contributed by atoms with Crippen molar-refractivity contribution in [1.82, 2.24) is 9.80 Å². The van der Waals surface area contributed by atoms with Crippen LogP contribution in [0, 0.1) is 0 Å². The third-order valence-corrected chi connectivity index (χ3v) is 5.21. The Balaban J connectivity index is 1.68. The number of alkyl halides is 1. The lowest BCUT2D eigenvalue weighted by Gasteiger charge is -2.33. The third-order valence-electron chi connectivity index (χ3n) is 3.40. The van der Waals surface area contributed by atoms with Crippen molar-refractivity contribution in [3.05, 3.63) is 22.8 Å². The first-order chi connectivity index (χ1) is 8.27. The van der Waals surface area contributed by atoms with Crippen LogP contribution in [0.4, 0.5) is 0 Å². The van der Waals surface area contributed by atoms with E-state index < -0.39 is 0 Å². The number of halogens is 2. The Morgan fingerprint density at radius 1 is 1.29 bits per heavy atom. The summed E-state index contributed by atoms with van der Waals surface area (Å²) in [5.41, 5.74) is 0.